The highest BCUT2D eigenvalue weighted by Gasteiger charge is 2.14. The highest BCUT2D eigenvalue weighted by molar-refractivity contribution is 5.73. The summed E-state index contributed by atoms with van der Waals surface area (Å²) in [5.41, 5.74) is 9.38. The SMILES string of the molecule is Cc1ccccc1N(C)c1c(C)c(C)cc(C)c1C. The summed E-state index contributed by atoms with van der Waals surface area (Å²) in [6, 6.07) is 10.8. The zero-order valence-corrected chi connectivity index (χ0v) is 12.8. The van der Waals surface area contributed by atoms with Gasteiger partial charge in [0.25, 0.3) is 0 Å². The van der Waals surface area contributed by atoms with Crippen molar-refractivity contribution in [2.24, 2.45) is 0 Å². The Labute approximate surface area is 116 Å². The monoisotopic (exact) mass is 253 g/mol. The van der Waals surface area contributed by atoms with Crippen LogP contribution >= 0.6 is 0 Å². The molecule has 0 fully saturated rings. The summed E-state index contributed by atoms with van der Waals surface area (Å²) in [6.45, 7) is 11.0. The topological polar surface area (TPSA) is 3.24 Å². The molecule has 2 aromatic rings. The fraction of sp³-hybridized carbons (Fsp3) is 0.333. The van der Waals surface area contributed by atoms with Crippen LogP contribution in [-0.4, -0.2) is 7.05 Å². The number of aryl methyl sites for hydroxylation is 3. The largest absolute Gasteiger partial charge is 0.344 e. The second-order valence-corrected chi connectivity index (χ2v) is 5.45. The number of para-hydroxylation sites is 1. The van der Waals surface area contributed by atoms with Crippen molar-refractivity contribution in [1.29, 1.82) is 0 Å². The third-order valence-electron chi connectivity index (χ3n) is 4.14. The fourth-order valence-corrected chi connectivity index (χ4v) is 2.76. The van der Waals surface area contributed by atoms with Crippen LogP contribution in [0.3, 0.4) is 0 Å². The van der Waals surface area contributed by atoms with Crippen molar-refractivity contribution in [3.63, 3.8) is 0 Å². The van der Waals surface area contributed by atoms with Crippen molar-refractivity contribution >= 4 is 11.4 Å². The van der Waals surface area contributed by atoms with Crippen molar-refractivity contribution in [2.45, 2.75) is 34.6 Å². The van der Waals surface area contributed by atoms with E-state index in [4.69, 9.17) is 0 Å². The molecule has 19 heavy (non-hydrogen) atoms. The summed E-state index contributed by atoms with van der Waals surface area (Å²) in [5.74, 6) is 0. The average molecular weight is 253 g/mol. The lowest BCUT2D eigenvalue weighted by Gasteiger charge is -2.27. The molecule has 0 heterocycles. The van der Waals surface area contributed by atoms with Crippen molar-refractivity contribution in [3.8, 4) is 0 Å². The molecule has 0 aliphatic rings. The molecule has 0 unspecified atom stereocenters. The molecule has 0 aromatic heterocycles. The quantitative estimate of drug-likeness (QED) is 0.728. The third-order valence-corrected chi connectivity index (χ3v) is 4.14. The van der Waals surface area contributed by atoms with Gasteiger partial charge in [0, 0.05) is 18.4 Å². The van der Waals surface area contributed by atoms with E-state index in [-0.39, 0.29) is 0 Å². The summed E-state index contributed by atoms with van der Waals surface area (Å²) >= 11 is 0. The number of hydrogen-bond acceptors (Lipinski definition) is 1. The second-order valence-electron chi connectivity index (χ2n) is 5.45. The Morgan fingerprint density at radius 2 is 1.26 bits per heavy atom. The molecule has 2 rings (SSSR count). The molecule has 100 valence electrons. The molecule has 0 radical (unpaired) electrons. The van der Waals surface area contributed by atoms with Crippen molar-refractivity contribution in [2.75, 3.05) is 11.9 Å². The van der Waals surface area contributed by atoms with E-state index in [0.29, 0.717) is 0 Å². The maximum Gasteiger partial charge on any atom is 0.0472 e. The van der Waals surface area contributed by atoms with Crippen LogP contribution in [0, 0.1) is 34.6 Å². The Hall–Kier alpha value is -1.76. The zero-order valence-electron chi connectivity index (χ0n) is 12.8. The fourth-order valence-electron chi connectivity index (χ4n) is 2.76. The molecule has 0 bridgehead atoms. The molecular formula is C18H23N. The van der Waals surface area contributed by atoms with Gasteiger partial charge in [0.05, 0.1) is 0 Å². The predicted octanol–water partition coefficient (Wildman–Crippen LogP) is 5.00. The van der Waals surface area contributed by atoms with Gasteiger partial charge in [0.15, 0.2) is 0 Å². The molecule has 0 atom stereocenters. The lowest BCUT2D eigenvalue weighted by atomic mass is 9.97. The van der Waals surface area contributed by atoms with E-state index in [1.165, 1.54) is 39.2 Å². The molecule has 0 N–H and O–H groups in total. The van der Waals surface area contributed by atoms with E-state index in [9.17, 15) is 0 Å². The van der Waals surface area contributed by atoms with Gasteiger partial charge in [-0.25, -0.2) is 0 Å². The standard InChI is InChI=1S/C18H23N/c1-12-9-7-8-10-17(12)19(6)18-15(4)13(2)11-14(3)16(18)5/h7-11H,1-6H3. The molecular weight excluding hydrogens is 230 g/mol. The van der Waals surface area contributed by atoms with E-state index in [1.807, 2.05) is 0 Å². The molecule has 2 aromatic carbocycles. The van der Waals surface area contributed by atoms with Gasteiger partial charge < -0.3 is 4.90 Å². The highest BCUT2D eigenvalue weighted by atomic mass is 15.1. The van der Waals surface area contributed by atoms with Gasteiger partial charge in [-0.1, -0.05) is 24.3 Å². The van der Waals surface area contributed by atoms with Gasteiger partial charge in [0.2, 0.25) is 0 Å². The van der Waals surface area contributed by atoms with E-state index >= 15 is 0 Å². The van der Waals surface area contributed by atoms with Gasteiger partial charge in [-0.3, -0.25) is 0 Å². The first-order chi connectivity index (χ1) is 8.93. The Bertz CT molecular complexity index is 585. The van der Waals surface area contributed by atoms with Crippen molar-refractivity contribution in [3.05, 3.63) is 58.1 Å². The molecule has 0 amide bonds. The third kappa shape index (κ3) is 2.37. The maximum atomic E-state index is 2.32. The van der Waals surface area contributed by atoms with Gasteiger partial charge in [-0.15, -0.1) is 0 Å². The van der Waals surface area contributed by atoms with Crippen molar-refractivity contribution in [1.82, 2.24) is 0 Å². The number of nitrogens with zero attached hydrogens (tertiary/aromatic N) is 1. The van der Waals surface area contributed by atoms with Crippen LogP contribution in [0.1, 0.15) is 27.8 Å². The smallest absolute Gasteiger partial charge is 0.0472 e. The van der Waals surface area contributed by atoms with Crippen LogP contribution < -0.4 is 4.90 Å². The summed E-state index contributed by atoms with van der Waals surface area (Å²) in [5, 5.41) is 0. The highest BCUT2D eigenvalue weighted by Crippen LogP contribution is 2.34. The normalized spacial score (nSPS) is 10.6. The second kappa shape index (κ2) is 5.08. The number of rotatable bonds is 2. The first-order valence-electron chi connectivity index (χ1n) is 6.80. The molecule has 0 aliphatic carbocycles. The van der Waals surface area contributed by atoms with Gasteiger partial charge in [0.1, 0.15) is 0 Å². The molecule has 1 heteroatoms. The molecule has 0 aliphatic heterocycles. The van der Waals surface area contributed by atoms with Crippen molar-refractivity contribution < 1.29 is 0 Å². The van der Waals surface area contributed by atoms with Crippen LogP contribution in [0.5, 0.6) is 0 Å². The first kappa shape index (κ1) is 13.7. The van der Waals surface area contributed by atoms with Crippen LogP contribution in [-0.2, 0) is 0 Å². The summed E-state index contributed by atoms with van der Waals surface area (Å²) in [4.78, 5) is 2.32. The summed E-state index contributed by atoms with van der Waals surface area (Å²) in [7, 11) is 2.16. The lowest BCUT2D eigenvalue weighted by Crippen LogP contribution is -2.15. The Balaban J connectivity index is 2.63. The van der Waals surface area contributed by atoms with Gasteiger partial charge in [-0.05, 0) is 68.5 Å². The number of hydrogen-bond donors (Lipinski definition) is 0. The molecule has 1 nitrogen and oxygen atoms in total. The lowest BCUT2D eigenvalue weighted by molar-refractivity contribution is 1.12. The molecule has 0 saturated carbocycles. The Kier molecular flexibility index (Phi) is 3.66. The van der Waals surface area contributed by atoms with Crippen LogP contribution in [0.4, 0.5) is 11.4 Å². The predicted molar refractivity (Wildman–Crippen MR) is 84.6 cm³/mol. The number of benzene rings is 2. The minimum Gasteiger partial charge on any atom is -0.344 e. The minimum absolute atomic E-state index is 1.28. The molecule has 0 spiro atoms. The van der Waals surface area contributed by atoms with E-state index in [0.717, 1.165) is 0 Å². The average Bonchev–Trinajstić information content (AvgIpc) is 2.37. The number of anilines is 2. The van der Waals surface area contributed by atoms with E-state index in [2.05, 4.69) is 76.9 Å². The minimum atomic E-state index is 1.28. The summed E-state index contributed by atoms with van der Waals surface area (Å²) in [6.07, 6.45) is 0. The van der Waals surface area contributed by atoms with Crippen LogP contribution in [0.25, 0.3) is 0 Å². The van der Waals surface area contributed by atoms with E-state index < -0.39 is 0 Å². The Morgan fingerprint density at radius 1 is 0.737 bits per heavy atom. The van der Waals surface area contributed by atoms with Crippen LogP contribution in [0.15, 0.2) is 30.3 Å². The van der Waals surface area contributed by atoms with Crippen LogP contribution in [0.2, 0.25) is 0 Å². The zero-order chi connectivity index (χ0) is 14.2. The summed E-state index contributed by atoms with van der Waals surface area (Å²) < 4.78 is 0. The van der Waals surface area contributed by atoms with E-state index in [1.54, 1.807) is 0 Å². The maximum absolute atomic E-state index is 2.32. The molecule has 0 saturated heterocycles. The van der Waals surface area contributed by atoms with Gasteiger partial charge in [-0.2, -0.15) is 0 Å². The first-order valence-corrected chi connectivity index (χ1v) is 6.80. The Morgan fingerprint density at radius 3 is 1.79 bits per heavy atom. The van der Waals surface area contributed by atoms with Gasteiger partial charge >= 0.3 is 0 Å².